The number of aromatic nitrogens is 4. The van der Waals surface area contributed by atoms with E-state index in [9.17, 15) is 0 Å². The molecule has 6 heteroatoms. The van der Waals surface area contributed by atoms with Gasteiger partial charge in [-0.05, 0) is 85.6 Å². The van der Waals surface area contributed by atoms with Crippen molar-refractivity contribution < 1.29 is 30.4 Å². The molecule has 0 atom stereocenters. The van der Waals surface area contributed by atoms with Crippen molar-refractivity contribution >= 4 is 21.8 Å². The molecule has 0 aliphatic carbocycles. The van der Waals surface area contributed by atoms with Crippen molar-refractivity contribution in [2.75, 3.05) is 0 Å². The molecular formula is C58H56N4OPt-2. The van der Waals surface area contributed by atoms with Crippen LogP contribution in [0.15, 0.2) is 158 Å². The zero-order valence-corrected chi connectivity index (χ0v) is 40.8. The van der Waals surface area contributed by atoms with Gasteiger partial charge in [0.15, 0.2) is 0 Å². The Kier molecular flexibility index (Phi) is 11.7. The summed E-state index contributed by atoms with van der Waals surface area (Å²) in [6.45, 7) is 22.7. The molecule has 326 valence electrons. The number of ether oxygens (including phenoxy) is 1. The molecule has 3 aromatic heterocycles. The van der Waals surface area contributed by atoms with Crippen molar-refractivity contribution in [3.8, 4) is 28.7 Å². The first-order valence-corrected chi connectivity index (χ1v) is 22.0. The van der Waals surface area contributed by atoms with E-state index in [-0.39, 0.29) is 42.7 Å². The minimum atomic E-state index is -0.251. The van der Waals surface area contributed by atoms with E-state index in [2.05, 4.69) is 212 Å². The minimum Gasteiger partial charge on any atom is -0.510 e. The molecule has 3 heterocycles. The van der Waals surface area contributed by atoms with Crippen LogP contribution in [-0.4, -0.2) is 14.1 Å². The van der Waals surface area contributed by atoms with Crippen LogP contribution in [0.3, 0.4) is 0 Å². The predicted octanol–water partition coefficient (Wildman–Crippen LogP) is 13.7. The van der Waals surface area contributed by atoms with Crippen LogP contribution in [0.25, 0.3) is 39.0 Å². The summed E-state index contributed by atoms with van der Waals surface area (Å²) in [6, 6.07) is 56.8. The van der Waals surface area contributed by atoms with Gasteiger partial charge in [0.2, 0.25) is 0 Å². The van der Waals surface area contributed by atoms with Crippen molar-refractivity contribution in [1.29, 1.82) is 0 Å². The van der Waals surface area contributed by atoms with Gasteiger partial charge in [0, 0.05) is 67.5 Å². The maximum absolute atomic E-state index is 6.63. The Balaban J connectivity index is 0.00000560. The fourth-order valence-electron chi connectivity index (χ4n) is 8.55. The second-order valence-electron chi connectivity index (χ2n) is 19.9. The summed E-state index contributed by atoms with van der Waals surface area (Å²) >= 11 is 0. The zero-order valence-electron chi connectivity index (χ0n) is 38.5. The van der Waals surface area contributed by atoms with Gasteiger partial charge in [0.05, 0.1) is 5.69 Å². The first-order chi connectivity index (χ1) is 30.0. The average molecular weight is 1020 g/mol. The van der Waals surface area contributed by atoms with Crippen molar-refractivity contribution in [3.05, 3.63) is 210 Å². The molecule has 9 rings (SSSR count). The molecule has 0 aliphatic rings. The summed E-state index contributed by atoms with van der Waals surface area (Å²) in [5.41, 5.74) is 10.9. The summed E-state index contributed by atoms with van der Waals surface area (Å²) in [5.74, 6) is 2.00. The fraction of sp³-hybridized carbons (Fsp3) is 0.241. The molecule has 9 aromatic rings. The number of benzene rings is 6. The van der Waals surface area contributed by atoms with Gasteiger partial charge in [0.25, 0.3) is 6.33 Å². The second-order valence-corrected chi connectivity index (χ2v) is 19.9. The Bertz CT molecular complexity index is 3080. The average Bonchev–Trinajstić information content (AvgIpc) is 3.90. The maximum Gasteiger partial charge on any atom is 0.267 e. The molecule has 64 heavy (non-hydrogen) atoms. The van der Waals surface area contributed by atoms with Gasteiger partial charge in [-0.3, -0.25) is 4.57 Å². The minimum absolute atomic E-state index is 0. The van der Waals surface area contributed by atoms with E-state index in [0.717, 1.165) is 39.0 Å². The summed E-state index contributed by atoms with van der Waals surface area (Å²) in [7, 11) is 0. The van der Waals surface area contributed by atoms with Gasteiger partial charge in [-0.2, -0.15) is 18.2 Å². The van der Waals surface area contributed by atoms with Crippen LogP contribution >= 0.6 is 0 Å². The number of imidazole rings is 1. The van der Waals surface area contributed by atoms with Gasteiger partial charge >= 0.3 is 0 Å². The van der Waals surface area contributed by atoms with E-state index in [1.165, 1.54) is 33.4 Å². The van der Waals surface area contributed by atoms with Gasteiger partial charge in [-0.25, -0.2) is 4.98 Å². The SMILES string of the molecule is CC(C)(C)c1cc(-[n+]2[c-]n(-c3[c-]c(Oc4[c-]c5c(cc4)c4ccc(C(C)(C)c6ccccc6)cc4n5-c4cc(C(C)(C)c5ccccc5)ccn4)ccc3)cc2)cc(C(C)(C)C)c1.[Pt]. The third-order valence-corrected chi connectivity index (χ3v) is 12.8. The van der Waals surface area contributed by atoms with E-state index in [1.54, 1.807) is 0 Å². The molecule has 0 unspecified atom stereocenters. The van der Waals surface area contributed by atoms with Crippen LogP contribution < -0.4 is 9.30 Å². The standard InChI is InChI=1S/C58H56N4O.Pt/c1-55(2,3)44-32-45(56(4,5)6)34-47(33-44)61-31-30-60(39-61)46-22-17-23-48(37-46)63-49-25-27-51-50-26-24-42(57(7,8)40-18-13-11-14-19-40)35-52(50)62(53(51)38-49)54-36-43(28-29-59-54)58(9,10)41-20-15-12-16-21-41;/h11-36H,1-10H3;/q-2;. The number of nitrogens with zero attached hydrogens (tertiary/aromatic N) is 4. The van der Waals surface area contributed by atoms with Crippen molar-refractivity contribution in [2.24, 2.45) is 0 Å². The molecule has 0 spiro atoms. The largest absolute Gasteiger partial charge is 0.510 e. The first kappa shape index (κ1) is 44.6. The number of rotatable bonds is 9. The van der Waals surface area contributed by atoms with Crippen LogP contribution in [0.1, 0.15) is 103 Å². The van der Waals surface area contributed by atoms with Crippen molar-refractivity contribution in [1.82, 2.24) is 14.1 Å². The van der Waals surface area contributed by atoms with E-state index in [1.807, 2.05) is 47.4 Å². The molecule has 5 nitrogen and oxygen atoms in total. The number of fused-ring (bicyclic) bond motifs is 3. The third-order valence-electron chi connectivity index (χ3n) is 12.8. The molecule has 0 saturated carbocycles. The molecule has 0 radical (unpaired) electrons. The summed E-state index contributed by atoms with van der Waals surface area (Å²) in [6.07, 6.45) is 9.53. The molecule has 6 aromatic carbocycles. The molecule has 0 amide bonds. The van der Waals surface area contributed by atoms with E-state index < -0.39 is 0 Å². The van der Waals surface area contributed by atoms with Crippen molar-refractivity contribution in [3.63, 3.8) is 0 Å². The third kappa shape index (κ3) is 8.51. The van der Waals surface area contributed by atoms with Gasteiger partial charge in [-0.1, -0.05) is 154 Å². The Morgan fingerprint density at radius 1 is 0.531 bits per heavy atom. The monoisotopic (exact) mass is 1020 g/mol. The number of hydrogen-bond acceptors (Lipinski definition) is 2. The molecule has 0 saturated heterocycles. The van der Waals surface area contributed by atoms with Crippen LogP contribution in [0.4, 0.5) is 0 Å². The van der Waals surface area contributed by atoms with Gasteiger partial charge < -0.3 is 13.9 Å². The Labute approximate surface area is 393 Å². The van der Waals surface area contributed by atoms with Crippen LogP contribution in [0.2, 0.25) is 0 Å². The summed E-state index contributed by atoms with van der Waals surface area (Å²) < 4.78 is 12.9. The first-order valence-electron chi connectivity index (χ1n) is 22.0. The maximum atomic E-state index is 6.63. The zero-order chi connectivity index (χ0) is 44.3. The van der Waals surface area contributed by atoms with Crippen LogP contribution in [0.5, 0.6) is 11.5 Å². The Hall–Kier alpha value is -6.03. The second kappa shape index (κ2) is 16.8. The summed E-state index contributed by atoms with van der Waals surface area (Å²) in [5, 5.41) is 2.20. The van der Waals surface area contributed by atoms with Gasteiger partial charge in [-0.15, -0.1) is 29.7 Å². The smallest absolute Gasteiger partial charge is 0.267 e. The fourth-order valence-corrected chi connectivity index (χ4v) is 8.55. The predicted molar refractivity (Wildman–Crippen MR) is 257 cm³/mol. The van der Waals surface area contributed by atoms with E-state index in [0.29, 0.717) is 11.5 Å². The van der Waals surface area contributed by atoms with Crippen LogP contribution in [0, 0.1) is 18.5 Å². The quantitative estimate of drug-likeness (QED) is 0.107. The Morgan fingerprint density at radius 3 is 1.75 bits per heavy atom. The molecule has 0 aliphatic heterocycles. The molecule has 0 bridgehead atoms. The topological polar surface area (TPSA) is 35.9 Å². The molecule has 0 N–H and O–H groups in total. The van der Waals surface area contributed by atoms with Gasteiger partial charge in [0.1, 0.15) is 5.82 Å². The van der Waals surface area contributed by atoms with Crippen molar-refractivity contribution in [2.45, 2.75) is 90.9 Å². The number of hydrogen-bond donors (Lipinski definition) is 0. The van der Waals surface area contributed by atoms with E-state index in [4.69, 9.17) is 9.72 Å². The number of pyridine rings is 1. The molecule has 0 fully saturated rings. The normalized spacial score (nSPS) is 12.4. The Morgan fingerprint density at radius 2 is 1.12 bits per heavy atom. The van der Waals surface area contributed by atoms with Crippen LogP contribution in [-0.2, 0) is 42.7 Å². The summed E-state index contributed by atoms with van der Waals surface area (Å²) in [4.78, 5) is 5.04. The van der Waals surface area contributed by atoms with E-state index >= 15 is 0 Å². The molecular weight excluding hydrogens is 964 g/mol.